The number of carbonyl (C=O) groups is 1. The van der Waals surface area contributed by atoms with Gasteiger partial charge in [0.2, 0.25) is 0 Å². The van der Waals surface area contributed by atoms with Gasteiger partial charge < -0.3 is 5.73 Å². The van der Waals surface area contributed by atoms with Crippen molar-refractivity contribution < 1.29 is 4.79 Å². The predicted molar refractivity (Wildman–Crippen MR) is 57.9 cm³/mol. The summed E-state index contributed by atoms with van der Waals surface area (Å²) in [5.74, 6) is 0.0629. The van der Waals surface area contributed by atoms with Crippen LogP contribution in [0.1, 0.15) is 23.2 Å². The van der Waals surface area contributed by atoms with Crippen LogP contribution in [0.4, 0.5) is 5.69 Å². The number of azide groups is 1. The average Bonchev–Trinajstić information content (AvgIpc) is 2.27. The maximum Gasteiger partial charge on any atom is 0.162 e. The highest BCUT2D eigenvalue weighted by molar-refractivity contribution is 5.96. The van der Waals surface area contributed by atoms with Crippen molar-refractivity contribution in [3.8, 4) is 0 Å². The van der Waals surface area contributed by atoms with Gasteiger partial charge in [-0.15, -0.1) is 0 Å². The van der Waals surface area contributed by atoms with Crippen LogP contribution in [0, 0.1) is 0 Å². The Balaban J connectivity index is 2.70. The summed E-state index contributed by atoms with van der Waals surface area (Å²) in [5.41, 5.74) is 14.6. The summed E-state index contributed by atoms with van der Waals surface area (Å²) < 4.78 is 0. The minimum Gasteiger partial charge on any atom is -0.330 e. The average molecular weight is 204 g/mol. The van der Waals surface area contributed by atoms with Crippen LogP contribution in [0.3, 0.4) is 0 Å². The predicted octanol–water partition coefficient (Wildman–Crippen LogP) is 2.55. The third-order valence-corrected chi connectivity index (χ3v) is 1.96. The molecule has 0 spiro atoms. The van der Waals surface area contributed by atoms with E-state index in [-0.39, 0.29) is 5.78 Å². The smallest absolute Gasteiger partial charge is 0.162 e. The number of hydrogen-bond acceptors (Lipinski definition) is 3. The van der Waals surface area contributed by atoms with E-state index in [1.54, 1.807) is 24.3 Å². The molecule has 0 saturated carbocycles. The second-order valence-electron chi connectivity index (χ2n) is 3.05. The summed E-state index contributed by atoms with van der Waals surface area (Å²) in [4.78, 5) is 14.2. The second kappa shape index (κ2) is 5.80. The molecule has 0 aliphatic rings. The first kappa shape index (κ1) is 11.2. The van der Waals surface area contributed by atoms with Crippen LogP contribution in [-0.4, -0.2) is 12.3 Å². The first-order valence-electron chi connectivity index (χ1n) is 4.66. The maximum atomic E-state index is 11.5. The first-order chi connectivity index (χ1) is 7.27. The van der Waals surface area contributed by atoms with Gasteiger partial charge in [0.15, 0.2) is 5.78 Å². The molecule has 15 heavy (non-hydrogen) atoms. The van der Waals surface area contributed by atoms with Gasteiger partial charge >= 0.3 is 0 Å². The lowest BCUT2D eigenvalue weighted by Crippen LogP contribution is -2.04. The fourth-order valence-electron chi connectivity index (χ4n) is 1.17. The van der Waals surface area contributed by atoms with Crippen LogP contribution < -0.4 is 5.73 Å². The number of nitrogens with zero attached hydrogens (tertiary/aromatic N) is 3. The van der Waals surface area contributed by atoms with Crippen molar-refractivity contribution in [1.82, 2.24) is 0 Å². The van der Waals surface area contributed by atoms with Gasteiger partial charge in [-0.3, -0.25) is 4.79 Å². The zero-order valence-electron chi connectivity index (χ0n) is 8.26. The molecule has 5 nitrogen and oxygen atoms in total. The van der Waals surface area contributed by atoms with Crippen molar-refractivity contribution in [1.29, 1.82) is 0 Å². The Bertz CT molecular complexity index is 379. The van der Waals surface area contributed by atoms with E-state index in [1.165, 1.54) is 0 Å². The number of hydrogen-bond donors (Lipinski definition) is 1. The monoisotopic (exact) mass is 204 g/mol. The normalized spacial score (nSPS) is 9.40. The van der Waals surface area contributed by atoms with Gasteiger partial charge in [-0.1, -0.05) is 29.4 Å². The standard InChI is InChI=1S/C10H12N4O/c11-7-1-2-10(15)8-3-5-9(6-4-8)13-14-12/h3-6H,1-2,7,11H2. The van der Waals surface area contributed by atoms with Crippen molar-refractivity contribution in [3.05, 3.63) is 40.3 Å². The van der Waals surface area contributed by atoms with Crippen LogP contribution in [0.5, 0.6) is 0 Å². The van der Waals surface area contributed by atoms with Crippen LogP contribution in [-0.2, 0) is 0 Å². The van der Waals surface area contributed by atoms with Crippen LogP contribution in [0.25, 0.3) is 10.4 Å². The largest absolute Gasteiger partial charge is 0.330 e. The number of benzene rings is 1. The quantitative estimate of drug-likeness (QED) is 0.345. The summed E-state index contributed by atoms with van der Waals surface area (Å²) in [6.45, 7) is 0.516. The fourth-order valence-corrected chi connectivity index (χ4v) is 1.17. The Morgan fingerprint density at radius 1 is 1.40 bits per heavy atom. The van der Waals surface area contributed by atoms with Gasteiger partial charge in [-0.25, -0.2) is 0 Å². The summed E-state index contributed by atoms with van der Waals surface area (Å²) in [5, 5.41) is 3.42. The molecule has 0 unspecified atom stereocenters. The molecular weight excluding hydrogens is 192 g/mol. The van der Waals surface area contributed by atoms with E-state index in [0.717, 1.165) is 0 Å². The molecule has 1 aromatic rings. The van der Waals surface area contributed by atoms with E-state index in [1.807, 2.05) is 0 Å². The molecule has 0 amide bonds. The highest BCUT2D eigenvalue weighted by atomic mass is 16.1. The van der Waals surface area contributed by atoms with Crippen molar-refractivity contribution in [3.63, 3.8) is 0 Å². The molecule has 0 atom stereocenters. The third kappa shape index (κ3) is 3.42. The molecule has 0 radical (unpaired) electrons. The zero-order valence-corrected chi connectivity index (χ0v) is 8.26. The molecule has 1 rings (SSSR count). The topological polar surface area (TPSA) is 91.9 Å². The van der Waals surface area contributed by atoms with E-state index >= 15 is 0 Å². The van der Waals surface area contributed by atoms with Crippen LogP contribution in [0.2, 0.25) is 0 Å². The molecule has 0 aliphatic carbocycles. The Hall–Kier alpha value is -1.84. The zero-order chi connectivity index (χ0) is 11.1. The Morgan fingerprint density at radius 2 is 2.07 bits per heavy atom. The molecule has 0 aliphatic heterocycles. The molecule has 0 saturated heterocycles. The van der Waals surface area contributed by atoms with Crippen molar-refractivity contribution in [2.45, 2.75) is 12.8 Å². The highest BCUT2D eigenvalue weighted by Crippen LogP contribution is 2.14. The van der Waals surface area contributed by atoms with E-state index in [4.69, 9.17) is 11.3 Å². The summed E-state index contributed by atoms with van der Waals surface area (Å²) in [6.07, 6.45) is 1.15. The molecule has 5 heteroatoms. The molecule has 78 valence electrons. The Labute approximate surface area is 87.5 Å². The van der Waals surface area contributed by atoms with Crippen LogP contribution >= 0.6 is 0 Å². The van der Waals surface area contributed by atoms with Gasteiger partial charge in [0.1, 0.15) is 0 Å². The van der Waals surface area contributed by atoms with E-state index in [2.05, 4.69) is 10.0 Å². The van der Waals surface area contributed by atoms with E-state index in [9.17, 15) is 4.79 Å². The lowest BCUT2D eigenvalue weighted by Gasteiger charge is -1.99. The molecule has 1 aromatic carbocycles. The lowest BCUT2D eigenvalue weighted by atomic mass is 10.1. The Morgan fingerprint density at radius 3 is 2.60 bits per heavy atom. The lowest BCUT2D eigenvalue weighted by molar-refractivity contribution is 0.0981. The molecule has 0 bridgehead atoms. The van der Waals surface area contributed by atoms with E-state index in [0.29, 0.717) is 30.6 Å². The molecule has 0 aromatic heterocycles. The number of carbonyl (C=O) groups excluding carboxylic acids is 1. The number of Topliss-reactive ketones (excluding diaryl/α,β-unsaturated/α-hetero) is 1. The Kier molecular flexibility index (Phi) is 4.34. The summed E-state index contributed by atoms with van der Waals surface area (Å²) in [6, 6.07) is 6.55. The maximum absolute atomic E-state index is 11.5. The van der Waals surface area contributed by atoms with Crippen molar-refractivity contribution in [2.24, 2.45) is 10.8 Å². The van der Waals surface area contributed by atoms with E-state index < -0.39 is 0 Å². The minimum absolute atomic E-state index is 0.0629. The molecular formula is C10H12N4O. The molecule has 2 N–H and O–H groups in total. The van der Waals surface area contributed by atoms with Crippen LogP contribution in [0.15, 0.2) is 29.4 Å². The highest BCUT2D eigenvalue weighted by Gasteiger charge is 2.03. The first-order valence-corrected chi connectivity index (χ1v) is 4.66. The molecule has 0 fully saturated rings. The number of rotatable bonds is 5. The van der Waals surface area contributed by atoms with Gasteiger partial charge in [-0.2, -0.15) is 0 Å². The van der Waals surface area contributed by atoms with Gasteiger partial charge in [0, 0.05) is 22.6 Å². The minimum atomic E-state index is 0.0629. The second-order valence-corrected chi connectivity index (χ2v) is 3.05. The van der Waals surface area contributed by atoms with Gasteiger partial charge in [-0.05, 0) is 18.5 Å². The van der Waals surface area contributed by atoms with Gasteiger partial charge in [0.25, 0.3) is 0 Å². The number of nitrogens with two attached hydrogens (primary N) is 1. The third-order valence-electron chi connectivity index (χ3n) is 1.96. The summed E-state index contributed by atoms with van der Waals surface area (Å²) in [7, 11) is 0. The van der Waals surface area contributed by atoms with Crippen molar-refractivity contribution >= 4 is 11.5 Å². The fraction of sp³-hybridized carbons (Fsp3) is 0.300. The van der Waals surface area contributed by atoms with Crippen molar-refractivity contribution in [2.75, 3.05) is 6.54 Å². The SMILES string of the molecule is [N-]=[N+]=Nc1ccc(C(=O)CCCN)cc1. The molecule has 0 heterocycles. The number of ketones is 1. The summed E-state index contributed by atoms with van der Waals surface area (Å²) >= 11 is 0. The van der Waals surface area contributed by atoms with Gasteiger partial charge in [0.05, 0.1) is 0 Å².